The fourth-order valence-corrected chi connectivity index (χ4v) is 4.38. The van der Waals surface area contributed by atoms with Crippen molar-refractivity contribution in [3.05, 3.63) is 59.8 Å². The highest BCUT2D eigenvalue weighted by Gasteiger charge is 2.68. The number of nitrogens with one attached hydrogen (secondary N) is 2. The Balaban J connectivity index is 1.48. The summed E-state index contributed by atoms with van der Waals surface area (Å²) in [6, 6.07) is 10.7. The number of aryl methyl sites for hydroxylation is 1. The van der Waals surface area contributed by atoms with Gasteiger partial charge in [-0.2, -0.15) is 13.2 Å². The summed E-state index contributed by atoms with van der Waals surface area (Å²) in [5.74, 6) is -1.70. The molecule has 1 aromatic carbocycles. The zero-order valence-corrected chi connectivity index (χ0v) is 18.4. The van der Waals surface area contributed by atoms with E-state index in [1.165, 1.54) is 18.2 Å². The molecule has 8 nitrogen and oxygen atoms in total. The first-order chi connectivity index (χ1) is 16.1. The highest BCUT2D eigenvalue weighted by molar-refractivity contribution is 6.08. The maximum absolute atomic E-state index is 14.1. The number of carbonyl (C=O) groups is 3. The van der Waals surface area contributed by atoms with Crippen molar-refractivity contribution in [1.29, 1.82) is 0 Å². The third kappa shape index (κ3) is 4.35. The van der Waals surface area contributed by atoms with Crippen LogP contribution in [-0.2, 0) is 15.1 Å². The van der Waals surface area contributed by atoms with Crippen molar-refractivity contribution in [3.63, 3.8) is 0 Å². The fraction of sp³-hybridized carbons (Fsp3) is 0.391. The number of imide groups is 1. The normalized spacial score (nSPS) is 23.6. The molecule has 2 fully saturated rings. The molecule has 0 radical (unpaired) electrons. The molecule has 0 unspecified atom stereocenters. The second-order valence-corrected chi connectivity index (χ2v) is 8.49. The van der Waals surface area contributed by atoms with Gasteiger partial charge < -0.3 is 10.6 Å². The van der Waals surface area contributed by atoms with E-state index in [0.29, 0.717) is 30.1 Å². The quantitative estimate of drug-likeness (QED) is 0.649. The third-order valence-corrected chi connectivity index (χ3v) is 6.09. The van der Waals surface area contributed by atoms with E-state index in [2.05, 4.69) is 10.3 Å². The van der Waals surface area contributed by atoms with E-state index in [0.717, 1.165) is 17.8 Å². The molecule has 4 amide bonds. The Morgan fingerprint density at radius 2 is 1.91 bits per heavy atom. The average Bonchev–Trinajstić information content (AvgIpc) is 3.05. The Morgan fingerprint density at radius 1 is 1.18 bits per heavy atom. The van der Waals surface area contributed by atoms with Crippen molar-refractivity contribution in [2.45, 2.75) is 31.5 Å². The third-order valence-electron chi connectivity index (χ3n) is 6.09. The second-order valence-electron chi connectivity index (χ2n) is 8.49. The topological polar surface area (TPSA) is 94.6 Å². The number of amides is 4. The number of halogens is 3. The van der Waals surface area contributed by atoms with Crippen LogP contribution < -0.4 is 10.6 Å². The van der Waals surface area contributed by atoms with Gasteiger partial charge in [-0.25, -0.2) is 14.7 Å². The van der Waals surface area contributed by atoms with Gasteiger partial charge in [-0.05, 0) is 44.0 Å². The highest BCUT2D eigenvalue weighted by atomic mass is 19.4. The number of aromatic nitrogens is 1. The number of anilines is 1. The minimum Gasteiger partial charge on any atom is -0.312 e. The maximum Gasteiger partial charge on any atom is 0.425 e. The molecule has 2 N–H and O–H groups in total. The van der Waals surface area contributed by atoms with Crippen LogP contribution in [0.1, 0.15) is 24.1 Å². The lowest BCUT2D eigenvalue weighted by molar-refractivity contribution is -0.198. The zero-order valence-electron chi connectivity index (χ0n) is 18.4. The number of likely N-dealkylation sites (tertiary alicyclic amines) is 1. The summed E-state index contributed by atoms with van der Waals surface area (Å²) in [6.45, 7) is 2.08. The van der Waals surface area contributed by atoms with E-state index in [9.17, 15) is 27.6 Å². The van der Waals surface area contributed by atoms with Crippen LogP contribution in [0.25, 0.3) is 0 Å². The molecular formula is C23H24F3N5O3. The fourth-order valence-electron chi connectivity index (χ4n) is 4.38. The number of carbonyl (C=O) groups excluding carboxylic acids is 3. The van der Waals surface area contributed by atoms with Gasteiger partial charge in [-0.1, -0.05) is 36.4 Å². The Morgan fingerprint density at radius 3 is 2.59 bits per heavy atom. The SMILES string of the molecule is Cc1cccc(NC(=O)[C@H]2CCCN(CN3C(=O)N[C@](c4ccccc4)(C(F)(F)F)C3=O)C2)n1. The number of urea groups is 1. The van der Waals surface area contributed by atoms with Crippen LogP contribution >= 0.6 is 0 Å². The van der Waals surface area contributed by atoms with Crippen LogP contribution in [0.4, 0.5) is 23.8 Å². The van der Waals surface area contributed by atoms with Crippen molar-refractivity contribution in [2.75, 3.05) is 25.1 Å². The summed E-state index contributed by atoms with van der Waals surface area (Å²) >= 11 is 0. The summed E-state index contributed by atoms with van der Waals surface area (Å²) < 4.78 is 42.4. The Labute approximate surface area is 194 Å². The van der Waals surface area contributed by atoms with Gasteiger partial charge in [0.25, 0.3) is 5.91 Å². The molecule has 0 saturated carbocycles. The number of hydrogen-bond donors (Lipinski definition) is 2. The highest BCUT2D eigenvalue weighted by Crippen LogP contribution is 2.43. The minimum absolute atomic E-state index is 0.194. The maximum atomic E-state index is 14.1. The van der Waals surface area contributed by atoms with Crippen LogP contribution in [0.5, 0.6) is 0 Å². The molecular weight excluding hydrogens is 451 g/mol. The Hall–Kier alpha value is -3.47. The minimum atomic E-state index is -5.04. The molecule has 2 aliphatic heterocycles. The molecule has 3 heterocycles. The Kier molecular flexibility index (Phi) is 6.30. The van der Waals surface area contributed by atoms with Crippen molar-refractivity contribution in [3.8, 4) is 0 Å². The standard InChI is InChI=1S/C23H24F3N5O3/c1-15-7-5-11-18(27-15)28-19(32)16-8-6-12-30(13-16)14-31-20(33)22(23(24,25)26,29-21(31)34)17-9-3-2-4-10-17/h2-5,7,9-11,16H,6,8,12-14H2,1H3,(H,29,34)(H,27,28,32)/t16-,22-/m0/s1. The van der Waals surface area contributed by atoms with Gasteiger partial charge in [0.05, 0.1) is 12.6 Å². The molecule has 1 aromatic heterocycles. The van der Waals surface area contributed by atoms with Crippen LogP contribution in [-0.4, -0.2) is 58.6 Å². The molecule has 2 atom stereocenters. The van der Waals surface area contributed by atoms with Gasteiger partial charge in [-0.15, -0.1) is 0 Å². The number of rotatable bonds is 5. The number of pyridine rings is 1. The largest absolute Gasteiger partial charge is 0.425 e. The van der Waals surface area contributed by atoms with E-state index < -0.39 is 29.6 Å². The van der Waals surface area contributed by atoms with Gasteiger partial charge in [0.1, 0.15) is 5.82 Å². The van der Waals surface area contributed by atoms with E-state index in [1.807, 2.05) is 5.32 Å². The van der Waals surface area contributed by atoms with Crippen LogP contribution in [0.2, 0.25) is 0 Å². The molecule has 2 aromatic rings. The van der Waals surface area contributed by atoms with E-state index in [-0.39, 0.29) is 24.7 Å². The molecule has 180 valence electrons. The van der Waals surface area contributed by atoms with Gasteiger partial charge in [0, 0.05) is 12.2 Å². The van der Waals surface area contributed by atoms with Gasteiger partial charge in [0.2, 0.25) is 11.4 Å². The summed E-state index contributed by atoms with van der Waals surface area (Å²) in [6.07, 6.45) is -3.88. The monoisotopic (exact) mass is 475 g/mol. The lowest BCUT2D eigenvalue weighted by atomic mass is 9.89. The van der Waals surface area contributed by atoms with E-state index in [1.54, 1.807) is 30.0 Å². The first-order valence-corrected chi connectivity index (χ1v) is 10.8. The van der Waals surface area contributed by atoms with E-state index >= 15 is 0 Å². The summed E-state index contributed by atoms with van der Waals surface area (Å²) in [5, 5.41) is 4.64. The predicted octanol–water partition coefficient (Wildman–Crippen LogP) is 3.01. The number of hydrogen-bond acceptors (Lipinski definition) is 5. The molecule has 4 rings (SSSR count). The number of piperidine rings is 1. The summed E-state index contributed by atoms with van der Waals surface area (Å²) in [5.41, 5.74) is -2.76. The first kappa shape index (κ1) is 23.7. The molecule has 2 aliphatic rings. The van der Waals surface area contributed by atoms with Gasteiger partial charge in [0.15, 0.2) is 0 Å². The Bertz CT molecular complexity index is 1090. The van der Waals surface area contributed by atoms with Crippen molar-refractivity contribution >= 4 is 23.7 Å². The molecule has 0 aliphatic carbocycles. The summed E-state index contributed by atoms with van der Waals surface area (Å²) in [7, 11) is 0. The lowest BCUT2D eigenvalue weighted by Crippen LogP contribution is -2.56. The van der Waals surface area contributed by atoms with Crippen molar-refractivity contribution in [2.24, 2.45) is 5.92 Å². The zero-order chi connectivity index (χ0) is 24.5. The van der Waals surface area contributed by atoms with Crippen LogP contribution in [0.3, 0.4) is 0 Å². The van der Waals surface area contributed by atoms with Gasteiger partial charge in [-0.3, -0.25) is 14.5 Å². The predicted molar refractivity (Wildman–Crippen MR) is 116 cm³/mol. The first-order valence-electron chi connectivity index (χ1n) is 10.8. The van der Waals surface area contributed by atoms with Crippen LogP contribution in [0.15, 0.2) is 48.5 Å². The number of nitrogens with zero attached hydrogens (tertiary/aromatic N) is 3. The van der Waals surface area contributed by atoms with E-state index in [4.69, 9.17) is 0 Å². The van der Waals surface area contributed by atoms with Crippen molar-refractivity contribution < 1.29 is 27.6 Å². The number of benzene rings is 1. The average molecular weight is 475 g/mol. The molecule has 11 heteroatoms. The van der Waals surface area contributed by atoms with Crippen LogP contribution in [0, 0.1) is 12.8 Å². The lowest BCUT2D eigenvalue weighted by Gasteiger charge is -2.34. The molecule has 0 bridgehead atoms. The summed E-state index contributed by atoms with van der Waals surface area (Å²) in [4.78, 5) is 44.8. The number of alkyl halides is 3. The van der Waals surface area contributed by atoms with Crippen molar-refractivity contribution in [1.82, 2.24) is 20.1 Å². The smallest absolute Gasteiger partial charge is 0.312 e. The molecule has 0 spiro atoms. The second kappa shape index (κ2) is 9.05. The molecule has 34 heavy (non-hydrogen) atoms. The molecule has 2 saturated heterocycles. The van der Waals surface area contributed by atoms with Gasteiger partial charge >= 0.3 is 12.2 Å².